The molecule has 1 aliphatic rings. The lowest BCUT2D eigenvalue weighted by atomic mass is 10.1. The first kappa shape index (κ1) is 13.3. The Bertz CT molecular complexity index is 350. The second-order valence-electron chi connectivity index (χ2n) is 4.83. The van der Waals surface area contributed by atoms with Gasteiger partial charge in [-0.2, -0.15) is 11.8 Å². The van der Waals surface area contributed by atoms with Crippen LogP contribution in [-0.2, 0) is 6.42 Å². The van der Waals surface area contributed by atoms with E-state index in [2.05, 4.69) is 36.1 Å². The molecule has 17 heavy (non-hydrogen) atoms. The molecule has 1 saturated heterocycles. The van der Waals surface area contributed by atoms with Crippen molar-refractivity contribution in [1.82, 2.24) is 5.32 Å². The molecule has 0 aliphatic carbocycles. The fourth-order valence-electron chi connectivity index (χ4n) is 2.18. The summed E-state index contributed by atoms with van der Waals surface area (Å²) in [6.07, 6.45) is 2.38. The second-order valence-corrected chi connectivity index (χ2v) is 6.39. The van der Waals surface area contributed by atoms with Crippen molar-refractivity contribution in [3.8, 4) is 0 Å². The lowest BCUT2D eigenvalue weighted by Gasteiger charge is -2.17. The van der Waals surface area contributed by atoms with E-state index in [1.807, 2.05) is 12.1 Å². The fourth-order valence-corrected chi connectivity index (χ4v) is 3.68. The summed E-state index contributed by atoms with van der Waals surface area (Å²) in [5, 5.41) is 4.51. The van der Waals surface area contributed by atoms with Gasteiger partial charge in [0.2, 0.25) is 0 Å². The average Bonchev–Trinajstić information content (AvgIpc) is 2.82. The lowest BCUT2D eigenvalue weighted by Crippen LogP contribution is -2.32. The zero-order valence-electron chi connectivity index (χ0n) is 10.3. The molecule has 3 heteroatoms. The number of nitrogens with one attached hydrogen (secondary N) is 1. The minimum atomic E-state index is 0.500. The minimum absolute atomic E-state index is 0.500. The molecular weight excluding hydrogens is 250 g/mol. The molecule has 0 radical (unpaired) electrons. The average molecular weight is 270 g/mol. The Morgan fingerprint density at radius 1 is 1.47 bits per heavy atom. The van der Waals surface area contributed by atoms with Crippen molar-refractivity contribution in [2.45, 2.75) is 25.8 Å². The molecule has 2 unspecified atom stereocenters. The molecule has 1 aromatic carbocycles. The van der Waals surface area contributed by atoms with Crippen LogP contribution in [0.4, 0.5) is 0 Å². The smallest absolute Gasteiger partial charge is 0.0438 e. The normalized spacial score (nSPS) is 21.6. The molecule has 0 amide bonds. The largest absolute Gasteiger partial charge is 0.314 e. The third-order valence-corrected chi connectivity index (χ3v) is 4.86. The van der Waals surface area contributed by atoms with E-state index in [1.165, 1.54) is 23.5 Å². The van der Waals surface area contributed by atoms with Crippen LogP contribution in [0.3, 0.4) is 0 Å². The van der Waals surface area contributed by atoms with Crippen LogP contribution >= 0.6 is 23.4 Å². The topological polar surface area (TPSA) is 12.0 Å². The number of benzene rings is 1. The second kappa shape index (κ2) is 6.67. The third kappa shape index (κ3) is 4.20. The maximum Gasteiger partial charge on any atom is 0.0438 e. The van der Waals surface area contributed by atoms with Gasteiger partial charge in [-0.1, -0.05) is 29.8 Å². The molecule has 2 rings (SSSR count). The Morgan fingerprint density at radius 2 is 2.29 bits per heavy atom. The highest BCUT2D eigenvalue weighted by Gasteiger charge is 2.16. The number of rotatable bonds is 5. The molecule has 1 aliphatic heterocycles. The van der Waals surface area contributed by atoms with Crippen LogP contribution in [0, 0.1) is 5.92 Å². The van der Waals surface area contributed by atoms with Crippen LogP contribution in [-0.4, -0.2) is 24.1 Å². The molecule has 2 atom stereocenters. The van der Waals surface area contributed by atoms with Gasteiger partial charge in [-0.05, 0) is 55.4 Å². The van der Waals surface area contributed by atoms with Gasteiger partial charge in [0.25, 0.3) is 0 Å². The molecule has 0 spiro atoms. The summed E-state index contributed by atoms with van der Waals surface area (Å²) < 4.78 is 0. The summed E-state index contributed by atoms with van der Waals surface area (Å²) in [5.41, 5.74) is 1.25. The van der Waals surface area contributed by atoms with Gasteiger partial charge >= 0.3 is 0 Å². The SMILES string of the molecule is CC(Cc1ccccc1Cl)NCC1CCSC1. The quantitative estimate of drug-likeness (QED) is 0.876. The Hall–Kier alpha value is -0.180. The number of halogens is 1. The van der Waals surface area contributed by atoms with E-state index in [-0.39, 0.29) is 0 Å². The van der Waals surface area contributed by atoms with Gasteiger partial charge in [0, 0.05) is 11.1 Å². The van der Waals surface area contributed by atoms with Crippen LogP contribution < -0.4 is 5.32 Å². The van der Waals surface area contributed by atoms with Crippen LogP contribution in [0.1, 0.15) is 18.9 Å². The van der Waals surface area contributed by atoms with Gasteiger partial charge in [-0.25, -0.2) is 0 Å². The number of hydrogen-bond acceptors (Lipinski definition) is 2. The molecule has 1 heterocycles. The first-order chi connectivity index (χ1) is 8.25. The van der Waals surface area contributed by atoms with Gasteiger partial charge in [0.05, 0.1) is 0 Å². The summed E-state index contributed by atoms with van der Waals surface area (Å²) in [6, 6.07) is 8.63. The Morgan fingerprint density at radius 3 is 3.00 bits per heavy atom. The lowest BCUT2D eigenvalue weighted by molar-refractivity contribution is 0.466. The molecule has 0 aromatic heterocycles. The van der Waals surface area contributed by atoms with Gasteiger partial charge in [0.15, 0.2) is 0 Å². The highest BCUT2D eigenvalue weighted by molar-refractivity contribution is 7.99. The van der Waals surface area contributed by atoms with Gasteiger partial charge < -0.3 is 5.32 Å². The van der Waals surface area contributed by atoms with Crippen molar-refractivity contribution >= 4 is 23.4 Å². The van der Waals surface area contributed by atoms with E-state index >= 15 is 0 Å². The molecule has 1 N–H and O–H groups in total. The first-order valence-electron chi connectivity index (χ1n) is 6.30. The van der Waals surface area contributed by atoms with Crippen molar-refractivity contribution in [1.29, 1.82) is 0 Å². The Kier molecular flexibility index (Phi) is 5.20. The van der Waals surface area contributed by atoms with E-state index in [9.17, 15) is 0 Å². The third-order valence-electron chi connectivity index (χ3n) is 3.26. The van der Waals surface area contributed by atoms with Crippen LogP contribution in [0.2, 0.25) is 5.02 Å². The van der Waals surface area contributed by atoms with Gasteiger partial charge in [-0.15, -0.1) is 0 Å². The molecule has 1 fully saturated rings. The predicted molar refractivity (Wildman–Crippen MR) is 78.1 cm³/mol. The summed E-state index contributed by atoms with van der Waals surface area (Å²) >= 11 is 8.24. The number of thioether (sulfide) groups is 1. The summed E-state index contributed by atoms with van der Waals surface area (Å²) in [7, 11) is 0. The summed E-state index contributed by atoms with van der Waals surface area (Å²) in [4.78, 5) is 0. The Labute approximate surface area is 113 Å². The molecule has 0 saturated carbocycles. The summed E-state index contributed by atoms with van der Waals surface area (Å²) in [5.74, 6) is 3.53. The fraction of sp³-hybridized carbons (Fsp3) is 0.571. The molecular formula is C14H20ClNS. The van der Waals surface area contributed by atoms with Crippen LogP contribution in [0.5, 0.6) is 0 Å². The van der Waals surface area contributed by atoms with E-state index in [4.69, 9.17) is 11.6 Å². The van der Waals surface area contributed by atoms with E-state index < -0.39 is 0 Å². The standard InChI is InChI=1S/C14H20ClNS/c1-11(16-9-12-6-7-17-10-12)8-13-4-2-3-5-14(13)15/h2-5,11-12,16H,6-10H2,1H3. The van der Waals surface area contributed by atoms with Crippen molar-refractivity contribution in [3.63, 3.8) is 0 Å². The summed E-state index contributed by atoms with van der Waals surface area (Å²) in [6.45, 7) is 3.39. The van der Waals surface area contributed by atoms with Crippen molar-refractivity contribution in [2.75, 3.05) is 18.1 Å². The highest BCUT2D eigenvalue weighted by atomic mass is 35.5. The molecule has 1 nitrogen and oxygen atoms in total. The van der Waals surface area contributed by atoms with Crippen LogP contribution in [0.25, 0.3) is 0 Å². The van der Waals surface area contributed by atoms with Gasteiger partial charge in [0.1, 0.15) is 0 Å². The zero-order valence-corrected chi connectivity index (χ0v) is 11.9. The molecule has 1 aromatic rings. The van der Waals surface area contributed by atoms with Crippen molar-refractivity contribution in [2.24, 2.45) is 5.92 Å². The van der Waals surface area contributed by atoms with Gasteiger partial charge in [-0.3, -0.25) is 0 Å². The van der Waals surface area contributed by atoms with E-state index in [1.54, 1.807) is 0 Å². The van der Waals surface area contributed by atoms with E-state index in [0.717, 1.165) is 23.9 Å². The Balaban J connectivity index is 1.76. The first-order valence-corrected chi connectivity index (χ1v) is 7.83. The monoisotopic (exact) mass is 269 g/mol. The van der Waals surface area contributed by atoms with Crippen molar-refractivity contribution < 1.29 is 0 Å². The van der Waals surface area contributed by atoms with Crippen LogP contribution in [0.15, 0.2) is 24.3 Å². The zero-order chi connectivity index (χ0) is 12.1. The van der Waals surface area contributed by atoms with E-state index in [0.29, 0.717) is 6.04 Å². The number of hydrogen-bond donors (Lipinski definition) is 1. The highest BCUT2D eigenvalue weighted by Crippen LogP contribution is 2.23. The van der Waals surface area contributed by atoms with Crippen molar-refractivity contribution in [3.05, 3.63) is 34.9 Å². The molecule has 94 valence electrons. The maximum atomic E-state index is 6.16. The minimum Gasteiger partial charge on any atom is -0.314 e. The predicted octanol–water partition coefficient (Wildman–Crippen LogP) is 3.61. The maximum absolute atomic E-state index is 6.16. The molecule has 0 bridgehead atoms.